The number of carbonyl (C=O) groups excluding carboxylic acids is 1. The Morgan fingerprint density at radius 3 is 2.19 bits per heavy atom. The summed E-state index contributed by atoms with van der Waals surface area (Å²) >= 11 is 0. The summed E-state index contributed by atoms with van der Waals surface area (Å²) in [7, 11) is 0. The Morgan fingerprint density at radius 1 is 0.962 bits per heavy atom. The number of hydrogen-bond donors (Lipinski definition) is 1. The summed E-state index contributed by atoms with van der Waals surface area (Å²) in [6.07, 6.45) is -4.35. The molecule has 2 aromatic rings. The maximum absolute atomic E-state index is 13.2. The second-order valence-electron chi connectivity index (χ2n) is 5.96. The van der Waals surface area contributed by atoms with Crippen molar-refractivity contribution in [3.8, 4) is 0 Å². The standard InChI is InChI=1S/C18H17F4N3O/c19-14-2-1-3-15(12-14)23-17(26)25-10-8-24(9-11-25)16-6-4-13(5-7-16)18(20,21)22/h1-7,12H,8-11H2,(H,23,26). The minimum atomic E-state index is -4.35. The van der Waals surface area contributed by atoms with Gasteiger partial charge in [-0.1, -0.05) is 6.07 Å². The number of carbonyl (C=O) groups is 1. The van der Waals surface area contributed by atoms with Crippen molar-refractivity contribution in [2.24, 2.45) is 0 Å². The Labute approximate surface area is 148 Å². The number of alkyl halides is 3. The van der Waals surface area contributed by atoms with Crippen molar-refractivity contribution in [3.05, 3.63) is 59.9 Å². The lowest BCUT2D eigenvalue weighted by Gasteiger charge is -2.36. The molecule has 3 rings (SSSR count). The Hall–Kier alpha value is -2.77. The molecule has 0 saturated carbocycles. The molecule has 8 heteroatoms. The lowest BCUT2D eigenvalue weighted by molar-refractivity contribution is -0.137. The third kappa shape index (κ3) is 4.25. The smallest absolute Gasteiger partial charge is 0.368 e. The fourth-order valence-corrected chi connectivity index (χ4v) is 2.80. The van der Waals surface area contributed by atoms with Gasteiger partial charge in [0.05, 0.1) is 5.56 Å². The number of nitrogens with zero attached hydrogens (tertiary/aromatic N) is 2. The molecule has 1 saturated heterocycles. The monoisotopic (exact) mass is 367 g/mol. The van der Waals surface area contributed by atoms with E-state index in [-0.39, 0.29) is 6.03 Å². The Morgan fingerprint density at radius 2 is 1.62 bits per heavy atom. The van der Waals surface area contributed by atoms with Crippen molar-refractivity contribution in [2.75, 3.05) is 36.4 Å². The van der Waals surface area contributed by atoms with Crippen molar-refractivity contribution in [3.63, 3.8) is 0 Å². The van der Waals surface area contributed by atoms with E-state index >= 15 is 0 Å². The van der Waals surface area contributed by atoms with Gasteiger partial charge in [-0.25, -0.2) is 9.18 Å². The molecule has 0 atom stereocenters. The van der Waals surface area contributed by atoms with Crippen molar-refractivity contribution >= 4 is 17.4 Å². The van der Waals surface area contributed by atoms with Crippen LogP contribution < -0.4 is 10.2 Å². The summed E-state index contributed by atoms with van der Waals surface area (Å²) in [5.41, 5.74) is 0.373. The molecule has 26 heavy (non-hydrogen) atoms. The topological polar surface area (TPSA) is 35.6 Å². The van der Waals surface area contributed by atoms with E-state index in [1.807, 2.05) is 4.90 Å². The van der Waals surface area contributed by atoms with E-state index in [1.165, 1.54) is 30.3 Å². The van der Waals surface area contributed by atoms with Crippen molar-refractivity contribution in [1.29, 1.82) is 0 Å². The number of benzene rings is 2. The minimum Gasteiger partial charge on any atom is -0.368 e. The number of nitrogens with one attached hydrogen (secondary N) is 1. The molecule has 0 unspecified atom stereocenters. The predicted molar refractivity (Wildman–Crippen MR) is 90.6 cm³/mol. The third-order valence-electron chi connectivity index (χ3n) is 4.20. The highest BCUT2D eigenvalue weighted by atomic mass is 19.4. The van der Waals surface area contributed by atoms with Gasteiger partial charge in [-0.15, -0.1) is 0 Å². The highest BCUT2D eigenvalue weighted by molar-refractivity contribution is 5.89. The lowest BCUT2D eigenvalue weighted by Crippen LogP contribution is -2.50. The van der Waals surface area contributed by atoms with Gasteiger partial charge in [-0.2, -0.15) is 13.2 Å². The van der Waals surface area contributed by atoms with Crippen LogP contribution >= 0.6 is 0 Å². The molecule has 4 nitrogen and oxygen atoms in total. The van der Waals surface area contributed by atoms with Gasteiger partial charge < -0.3 is 15.1 Å². The van der Waals surface area contributed by atoms with E-state index in [0.29, 0.717) is 37.6 Å². The average Bonchev–Trinajstić information content (AvgIpc) is 2.61. The molecule has 138 valence electrons. The van der Waals surface area contributed by atoms with Crippen LogP contribution in [-0.4, -0.2) is 37.1 Å². The van der Waals surface area contributed by atoms with Crippen LogP contribution in [0.2, 0.25) is 0 Å². The third-order valence-corrected chi connectivity index (χ3v) is 4.20. The number of urea groups is 1. The van der Waals surface area contributed by atoms with E-state index in [1.54, 1.807) is 11.0 Å². The van der Waals surface area contributed by atoms with Crippen LogP contribution in [0.5, 0.6) is 0 Å². The highest BCUT2D eigenvalue weighted by Crippen LogP contribution is 2.30. The van der Waals surface area contributed by atoms with Crippen LogP contribution in [0.15, 0.2) is 48.5 Å². The van der Waals surface area contributed by atoms with Crippen LogP contribution in [0.3, 0.4) is 0 Å². The molecule has 1 fully saturated rings. The van der Waals surface area contributed by atoms with Gasteiger partial charge in [0.15, 0.2) is 0 Å². The molecule has 1 aliphatic rings. The van der Waals surface area contributed by atoms with E-state index < -0.39 is 17.6 Å². The summed E-state index contributed by atoms with van der Waals surface area (Å²) in [6, 6.07) is 10.3. The quantitative estimate of drug-likeness (QED) is 0.808. The molecule has 0 aliphatic carbocycles. The van der Waals surface area contributed by atoms with E-state index in [0.717, 1.165) is 12.1 Å². The molecule has 0 bridgehead atoms. The van der Waals surface area contributed by atoms with E-state index in [2.05, 4.69) is 5.32 Å². The average molecular weight is 367 g/mol. The Kier molecular flexibility index (Phi) is 5.01. The van der Waals surface area contributed by atoms with Gasteiger partial charge in [0.2, 0.25) is 0 Å². The molecule has 0 radical (unpaired) electrons. The molecule has 2 amide bonds. The zero-order valence-corrected chi connectivity index (χ0v) is 13.8. The molecular formula is C18H17F4N3O. The SMILES string of the molecule is O=C(Nc1cccc(F)c1)N1CCN(c2ccc(C(F)(F)F)cc2)CC1. The predicted octanol–water partition coefficient (Wildman–Crippen LogP) is 4.20. The number of halogens is 4. The molecule has 1 N–H and O–H groups in total. The zero-order chi connectivity index (χ0) is 18.7. The number of rotatable bonds is 2. The van der Waals surface area contributed by atoms with E-state index in [4.69, 9.17) is 0 Å². The Bertz CT molecular complexity index is 769. The van der Waals surface area contributed by atoms with Crippen LogP contribution in [-0.2, 0) is 6.18 Å². The molecule has 0 spiro atoms. The van der Waals surface area contributed by atoms with Crippen LogP contribution in [0.25, 0.3) is 0 Å². The second kappa shape index (κ2) is 7.23. The van der Waals surface area contributed by atoms with Crippen molar-refractivity contribution < 1.29 is 22.4 Å². The first kappa shape index (κ1) is 18.0. The largest absolute Gasteiger partial charge is 0.416 e. The highest BCUT2D eigenvalue weighted by Gasteiger charge is 2.30. The first-order valence-corrected chi connectivity index (χ1v) is 8.06. The van der Waals surface area contributed by atoms with Crippen molar-refractivity contribution in [2.45, 2.75) is 6.18 Å². The lowest BCUT2D eigenvalue weighted by atomic mass is 10.1. The van der Waals surface area contributed by atoms with Crippen LogP contribution in [0.4, 0.5) is 33.7 Å². The van der Waals surface area contributed by atoms with Gasteiger partial charge in [0, 0.05) is 37.6 Å². The number of hydrogen-bond acceptors (Lipinski definition) is 2. The first-order valence-electron chi connectivity index (χ1n) is 8.06. The first-order chi connectivity index (χ1) is 12.3. The van der Waals surface area contributed by atoms with Gasteiger partial charge in [-0.05, 0) is 42.5 Å². The number of piperazine rings is 1. The summed E-state index contributed by atoms with van der Waals surface area (Å²) in [5.74, 6) is -0.435. The summed E-state index contributed by atoms with van der Waals surface area (Å²) < 4.78 is 51.0. The Balaban J connectivity index is 1.56. The summed E-state index contributed by atoms with van der Waals surface area (Å²) in [4.78, 5) is 15.7. The second-order valence-corrected chi connectivity index (χ2v) is 5.96. The molecular weight excluding hydrogens is 350 g/mol. The van der Waals surface area contributed by atoms with Crippen LogP contribution in [0, 0.1) is 5.82 Å². The molecule has 1 aliphatic heterocycles. The van der Waals surface area contributed by atoms with E-state index in [9.17, 15) is 22.4 Å². The van der Waals surface area contributed by atoms with Gasteiger partial charge >= 0.3 is 12.2 Å². The van der Waals surface area contributed by atoms with Gasteiger partial charge in [0.25, 0.3) is 0 Å². The maximum atomic E-state index is 13.2. The van der Waals surface area contributed by atoms with Gasteiger partial charge in [-0.3, -0.25) is 0 Å². The summed E-state index contributed by atoms with van der Waals surface area (Å²) in [5, 5.41) is 2.63. The summed E-state index contributed by atoms with van der Waals surface area (Å²) in [6.45, 7) is 1.84. The van der Waals surface area contributed by atoms with Crippen molar-refractivity contribution in [1.82, 2.24) is 4.90 Å². The minimum absolute atomic E-state index is 0.331. The number of amides is 2. The molecule has 1 heterocycles. The number of anilines is 2. The van der Waals surface area contributed by atoms with Crippen LogP contribution in [0.1, 0.15) is 5.56 Å². The molecule has 2 aromatic carbocycles. The molecule has 0 aromatic heterocycles. The normalized spacial score (nSPS) is 15.1. The fraction of sp³-hybridized carbons (Fsp3) is 0.278. The fourth-order valence-electron chi connectivity index (χ4n) is 2.80. The van der Waals surface area contributed by atoms with Gasteiger partial charge in [0.1, 0.15) is 5.82 Å². The maximum Gasteiger partial charge on any atom is 0.416 e. The zero-order valence-electron chi connectivity index (χ0n) is 13.8.